The maximum Gasteiger partial charge on any atom is 0.274 e. The average Bonchev–Trinajstić information content (AvgIpc) is 3.14. The third-order valence-electron chi connectivity index (χ3n) is 4.51. The Hall–Kier alpha value is -3.18. The number of nitrogens with zero attached hydrogens (tertiary/aromatic N) is 1. The maximum absolute atomic E-state index is 13.0. The molecule has 0 bridgehead atoms. The summed E-state index contributed by atoms with van der Waals surface area (Å²) in [6.45, 7) is 0. The molecule has 2 heterocycles. The molecule has 0 saturated heterocycles. The highest BCUT2D eigenvalue weighted by Crippen LogP contribution is 2.42. The highest BCUT2D eigenvalue weighted by atomic mass is 35.5. The lowest BCUT2D eigenvalue weighted by molar-refractivity contribution is 0.104. The molecule has 0 radical (unpaired) electrons. The van der Waals surface area contributed by atoms with Crippen LogP contribution in [0.5, 0.6) is 0 Å². The Balaban J connectivity index is 1.97. The quantitative estimate of drug-likeness (QED) is 0.484. The van der Waals surface area contributed by atoms with Crippen LogP contribution in [0.2, 0.25) is 5.02 Å². The SMILES string of the molecule is O=C1c2ccccc2-c2nc3[nH][nH]c(=O)c3c(-c3ccc(Cl)cc3)c21. The molecular weight excluding hydrogens is 338 g/mol. The second-order valence-corrected chi connectivity index (χ2v) is 6.33. The largest absolute Gasteiger partial charge is 0.288 e. The summed E-state index contributed by atoms with van der Waals surface area (Å²) in [5.74, 6) is -0.120. The molecule has 5 rings (SSSR count). The monoisotopic (exact) mass is 347 g/mol. The Morgan fingerprint density at radius 2 is 1.56 bits per heavy atom. The fraction of sp³-hybridized carbons (Fsp3) is 0. The summed E-state index contributed by atoms with van der Waals surface area (Å²) in [6, 6.07) is 14.4. The zero-order chi connectivity index (χ0) is 17.1. The van der Waals surface area contributed by atoms with Gasteiger partial charge in [0.25, 0.3) is 5.56 Å². The van der Waals surface area contributed by atoms with Gasteiger partial charge in [-0.1, -0.05) is 48.0 Å². The van der Waals surface area contributed by atoms with Crippen molar-refractivity contribution < 1.29 is 4.79 Å². The van der Waals surface area contributed by atoms with E-state index in [0.717, 1.165) is 11.1 Å². The summed E-state index contributed by atoms with van der Waals surface area (Å²) in [5.41, 5.74) is 3.89. The number of hydrogen-bond acceptors (Lipinski definition) is 3. The third kappa shape index (κ3) is 1.87. The molecule has 6 heteroatoms. The molecule has 25 heavy (non-hydrogen) atoms. The first-order valence-corrected chi connectivity index (χ1v) is 8.07. The van der Waals surface area contributed by atoms with Gasteiger partial charge in [-0.3, -0.25) is 19.8 Å². The van der Waals surface area contributed by atoms with Crippen LogP contribution in [0.15, 0.2) is 53.3 Å². The lowest BCUT2D eigenvalue weighted by Crippen LogP contribution is -2.05. The van der Waals surface area contributed by atoms with Crippen molar-refractivity contribution in [2.75, 3.05) is 0 Å². The van der Waals surface area contributed by atoms with Gasteiger partial charge in [-0.05, 0) is 17.7 Å². The normalized spacial score (nSPS) is 12.4. The van der Waals surface area contributed by atoms with Crippen molar-refractivity contribution in [1.82, 2.24) is 15.2 Å². The fourth-order valence-electron chi connectivity index (χ4n) is 3.42. The van der Waals surface area contributed by atoms with Crippen molar-refractivity contribution in [2.24, 2.45) is 0 Å². The second-order valence-electron chi connectivity index (χ2n) is 5.89. The van der Waals surface area contributed by atoms with Gasteiger partial charge in [-0.15, -0.1) is 0 Å². The number of benzene rings is 2. The average molecular weight is 348 g/mol. The van der Waals surface area contributed by atoms with E-state index in [0.29, 0.717) is 38.4 Å². The Bertz CT molecular complexity index is 1240. The first-order valence-electron chi connectivity index (χ1n) is 7.69. The number of ketones is 1. The minimum Gasteiger partial charge on any atom is -0.288 e. The predicted octanol–water partition coefficient (Wildman–Crippen LogP) is 3.78. The van der Waals surface area contributed by atoms with E-state index in [9.17, 15) is 9.59 Å². The first-order chi connectivity index (χ1) is 12.1. The van der Waals surface area contributed by atoms with Gasteiger partial charge < -0.3 is 0 Å². The number of H-pyrrole nitrogens is 2. The number of nitrogens with one attached hydrogen (secondary N) is 2. The standard InChI is InChI=1S/C19H10ClN3O2/c20-10-7-5-9(6-8-10)13-14-16(21-18-15(13)19(25)23-22-18)11-3-1-2-4-12(11)17(14)24/h1-8H,(H2,21,22,23,25). The van der Waals surface area contributed by atoms with Crippen LogP contribution in [0.25, 0.3) is 33.4 Å². The van der Waals surface area contributed by atoms with E-state index in [4.69, 9.17) is 11.6 Å². The zero-order valence-electron chi connectivity index (χ0n) is 12.8. The number of fused-ring (bicyclic) bond motifs is 4. The van der Waals surface area contributed by atoms with Crippen LogP contribution in [0, 0.1) is 0 Å². The minimum absolute atomic E-state index is 0.120. The van der Waals surface area contributed by atoms with Crippen LogP contribution in [0.1, 0.15) is 15.9 Å². The fourth-order valence-corrected chi connectivity index (χ4v) is 3.54. The molecule has 0 unspecified atom stereocenters. The summed E-state index contributed by atoms with van der Waals surface area (Å²) in [7, 11) is 0. The van der Waals surface area contributed by atoms with Gasteiger partial charge in [-0.2, -0.15) is 0 Å². The number of aromatic nitrogens is 3. The van der Waals surface area contributed by atoms with Gasteiger partial charge in [-0.25, -0.2) is 4.98 Å². The van der Waals surface area contributed by atoms with E-state index in [1.165, 1.54) is 0 Å². The third-order valence-corrected chi connectivity index (χ3v) is 4.76. The van der Waals surface area contributed by atoms with E-state index in [2.05, 4.69) is 15.2 Å². The van der Waals surface area contributed by atoms with E-state index in [1.54, 1.807) is 30.3 Å². The Labute approximate surface area is 146 Å². The molecule has 2 aromatic carbocycles. The number of carbonyl (C=O) groups is 1. The molecule has 0 atom stereocenters. The zero-order valence-corrected chi connectivity index (χ0v) is 13.5. The molecule has 0 aliphatic heterocycles. The van der Waals surface area contributed by atoms with Crippen LogP contribution in [-0.4, -0.2) is 21.0 Å². The van der Waals surface area contributed by atoms with E-state index in [1.807, 2.05) is 18.2 Å². The summed E-state index contributed by atoms with van der Waals surface area (Å²) in [4.78, 5) is 29.9. The molecule has 5 nitrogen and oxygen atoms in total. The van der Waals surface area contributed by atoms with Crippen LogP contribution in [0.4, 0.5) is 0 Å². The molecule has 2 N–H and O–H groups in total. The molecule has 120 valence electrons. The van der Waals surface area contributed by atoms with Gasteiger partial charge in [0.15, 0.2) is 11.4 Å². The van der Waals surface area contributed by atoms with Gasteiger partial charge >= 0.3 is 0 Å². The van der Waals surface area contributed by atoms with Crippen molar-refractivity contribution in [1.29, 1.82) is 0 Å². The van der Waals surface area contributed by atoms with E-state index < -0.39 is 0 Å². The molecule has 0 saturated carbocycles. The van der Waals surface area contributed by atoms with Crippen LogP contribution < -0.4 is 5.56 Å². The van der Waals surface area contributed by atoms with E-state index >= 15 is 0 Å². The molecule has 1 aliphatic carbocycles. The van der Waals surface area contributed by atoms with Crippen molar-refractivity contribution in [3.05, 3.63) is 75.0 Å². The number of halogens is 1. The molecule has 0 spiro atoms. The van der Waals surface area contributed by atoms with Crippen molar-refractivity contribution >= 4 is 28.4 Å². The Kier molecular flexibility index (Phi) is 2.79. The van der Waals surface area contributed by atoms with Gasteiger partial charge in [0.05, 0.1) is 16.6 Å². The lowest BCUT2D eigenvalue weighted by Gasteiger charge is -2.09. The molecule has 0 amide bonds. The van der Waals surface area contributed by atoms with Crippen LogP contribution in [-0.2, 0) is 0 Å². The van der Waals surface area contributed by atoms with Gasteiger partial charge in [0, 0.05) is 21.7 Å². The Morgan fingerprint density at radius 1 is 0.840 bits per heavy atom. The minimum atomic E-state index is -0.306. The number of aromatic amines is 2. The summed E-state index contributed by atoms with van der Waals surface area (Å²) >= 11 is 5.99. The maximum atomic E-state index is 13.0. The number of hydrogen-bond donors (Lipinski definition) is 2. The topological polar surface area (TPSA) is 78.6 Å². The number of carbonyl (C=O) groups excluding carboxylic acids is 1. The first kappa shape index (κ1) is 14.2. The highest BCUT2D eigenvalue weighted by molar-refractivity contribution is 6.31. The van der Waals surface area contributed by atoms with E-state index in [-0.39, 0.29) is 11.3 Å². The molecule has 4 aromatic rings. The van der Waals surface area contributed by atoms with Crippen LogP contribution in [0.3, 0.4) is 0 Å². The molecule has 1 aliphatic rings. The number of rotatable bonds is 1. The molecule has 2 aromatic heterocycles. The number of pyridine rings is 1. The summed E-state index contributed by atoms with van der Waals surface area (Å²) < 4.78 is 0. The lowest BCUT2D eigenvalue weighted by atomic mass is 9.95. The predicted molar refractivity (Wildman–Crippen MR) is 96.0 cm³/mol. The highest BCUT2D eigenvalue weighted by Gasteiger charge is 2.33. The molecule has 0 fully saturated rings. The smallest absolute Gasteiger partial charge is 0.274 e. The van der Waals surface area contributed by atoms with Gasteiger partial charge in [0.2, 0.25) is 0 Å². The van der Waals surface area contributed by atoms with Crippen LogP contribution >= 0.6 is 11.6 Å². The van der Waals surface area contributed by atoms with Crippen molar-refractivity contribution in [3.63, 3.8) is 0 Å². The molecular formula is C19H10ClN3O2. The summed E-state index contributed by atoms with van der Waals surface area (Å²) in [6.07, 6.45) is 0. The van der Waals surface area contributed by atoms with Crippen molar-refractivity contribution in [3.8, 4) is 22.4 Å². The Morgan fingerprint density at radius 3 is 2.32 bits per heavy atom. The van der Waals surface area contributed by atoms with Crippen molar-refractivity contribution in [2.45, 2.75) is 0 Å². The van der Waals surface area contributed by atoms with Gasteiger partial charge in [0.1, 0.15) is 0 Å². The second kappa shape index (κ2) is 4.91. The summed E-state index contributed by atoms with van der Waals surface area (Å²) in [5, 5.41) is 6.32.